The van der Waals surface area contributed by atoms with E-state index in [2.05, 4.69) is 19.2 Å². The number of hydrogen-bond acceptors (Lipinski definition) is 4. The van der Waals surface area contributed by atoms with Gasteiger partial charge in [0, 0.05) is 44.7 Å². The van der Waals surface area contributed by atoms with E-state index in [-0.39, 0.29) is 22.4 Å². The van der Waals surface area contributed by atoms with E-state index in [0.29, 0.717) is 17.3 Å². The molecule has 4 rings (SSSR count). The Labute approximate surface area is 167 Å². The summed E-state index contributed by atoms with van der Waals surface area (Å²) < 4.78 is 4.41. The van der Waals surface area contributed by atoms with Gasteiger partial charge in [-0.25, -0.2) is 4.79 Å². The number of rotatable bonds is 3. The Balaban J connectivity index is 1.81. The molecule has 150 valence electrons. The number of para-hydroxylation sites is 2. The highest BCUT2D eigenvalue weighted by Gasteiger charge is 2.27. The van der Waals surface area contributed by atoms with Crippen LogP contribution in [-0.2, 0) is 18.9 Å². The standard InChI is InChI=1S/C22H24N4O3/c1-22(2)10-14(9-15(27)11-22)23-17-7-5-6-8-18(17)26-12-16-19(13-26)24(3)21(29)25(4)20(16)28/h5-9,12-13,23H,10-11H2,1-4H3. The summed E-state index contributed by atoms with van der Waals surface area (Å²) in [5.41, 5.74) is 2.32. The normalized spacial score (nSPS) is 16.1. The van der Waals surface area contributed by atoms with Gasteiger partial charge in [0.15, 0.2) is 5.78 Å². The van der Waals surface area contributed by atoms with Crippen molar-refractivity contribution in [3.63, 3.8) is 0 Å². The zero-order valence-corrected chi connectivity index (χ0v) is 17.0. The molecule has 29 heavy (non-hydrogen) atoms. The summed E-state index contributed by atoms with van der Waals surface area (Å²) in [6, 6.07) is 7.69. The molecule has 0 spiro atoms. The topological polar surface area (TPSA) is 78.0 Å². The largest absolute Gasteiger partial charge is 0.357 e. The first-order chi connectivity index (χ1) is 13.7. The summed E-state index contributed by atoms with van der Waals surface area (Å²) in [5.74, 6) is 0.117. The second-order valence-electron chi connectivity index (χ2n) is 8.47. The number of aromatic nitrogens is 3. The number of anilines is 1. The number of carbonyl (C=O) groups excluding carboxylic acids is 1. The van der Waals surface area contributed by atoms with E-state index >= 15 is 0 Å². The number of ketones is 1. The SMILES string of the molecule is Cn1c(=O)c2cn(-c3ccccc3NC3=CC(=O)CC(C)(C)C3)cc2n(C)c1=O. The third-order valence-electron chi connectivity index (χ3n) is 5.41. The van der Waals surface area contributed by atoms with Crippen LogP contribution in [0.3, 0.4) is 0 Å². The molecule has 2 heterocycles. The molecule has 0 saturated heterocycles. The predicted octanol–water partition coefficient (Wildman–Crippen LogP) is 2.71. The van der Waals surface area contributed by atoms with Crippen molar-refractivity contribution in [1.29, 1.82) is 0 Å². The van der Waals surface area contributed by atoms with Crippen molar-refractivity contribution in [2.75, 3.05) is 5.32 Å². The number of nitrogens with zero attached hydrogens (tertiary/aromatic N) is 3. The molecule has 0 aliphatic heterocycles. The Kier molecular flexibility index (Phi) is 4.33. The third-order valence-corrected chi connectivity index (χ3v) is 5.41. The van der Waals surface area contributed by atoms with Crippen molar-refractivity contribution in [2.45, 2.75) is 26.7 Å². The van der Waals surface area contributed by atoms with Crippen molar-refractivity contribution in [3.05, 3.63) is 69.3 Å². The molecule has 2 aromatic heterocycles. The smallest absolute Gasteiger partial charge is 0.330 e. The Morgan fingerprint density at radius 3 is 2.41 bits per heavy atom. The highest BCUT2D eigenvalue weighted by Crippen LogP contribution is 2.35. The van der Waals surface area contributed by atoms with Crippen LogP contribution < -0.4 is 16.6 Å². The van der Waals surface area contributed by atoms with E-state index in [4.69, 9.17) is 0 Å². The maximum atomic E-state index is 12.5. The summed E-state index contributed by atoms with van der Waals surface area (Å²) in [6.07, 6.45) is 6.51. The Morgan fingerprint density at radius 1 is 0.966 bits per heavy atom. The Bertz CT molecular complexity index is 1290. The van der Waals surface area contributed by atoms with Gasteiger partial charge in [0.25, 0.3) is 5.56 Å². The number of nitrogens with one attached hydrogen (secondary N) is 1. The average Bonchev–Trinajstić information content (AvgIpc) is 3.09. The molecule has 0 fully saturated rings. The summed E-state index contributed by atoms with van der Waals surface area (Å²) in [5, 5.41) is 3.87. The van der Waals surface area contributed by atoms with Gasteiger partial charge in [0.2, 0.25) is 0 Å². The van der Waals surface area contributed by atoms with Crippen LogP contribution in [0.1, 0.15) is 26.7 Å². The monoisotopic (exact) mass is 392 g/mol. The molecule has 7 nitrogen and oxygen atoms in total. The molecule has 1 aromatic carbocycles. The Hall–Kier alpha value is -3.35. The first-order valence-corrected chi connectivity index (χ1v) is 9.54. The lowest BCUT2D eigenvalue weighted by Gasteiger charge is -2.29. The van der Waals surface area contributed by atoms with Crippen LogP contribution in [0.2, 0.25) is 0 Å². The molecule has 3 aromatic rings. The van der Waals surface area contributed by atoms with E-state index in [1.54, 1.807) is 25.5 Å². The molecule has 0 bridgehead atoms. The van der Waals surface area contributed by atoms with Gasteiger partial charge < -0.3 is 9.88 Å². The molecular weight excluding hydrogens is 368 g/mol. The van der Waals surface area contributed by atoms with E-state index in [1.807, 2.05) is 28.8 Å². The molecule has 7 heteroatoms. The highest BCUT2D eigenvalue weighted by atomic mass is 16.2. The van der Waals surface area contributed by atoms with Gasteiger partial charge in [-0.15, -0.1) is 0 Å². The van der Waals surface area contributed by atoms with Gasteiger partial charge in [-0.2, -0.15) is 0 Å². The number of allylic oxidation sites excluding steroid dienone is 2. The van der Waals surface area contributed by atoms with E-state index in [1.165, 1.54) is 11.6 Å². The lowest BCUT2D eigenvalue weighted by Crippen LogP contribution is -2.36. The van der Waals surface area contributed by atoms with E-state index in [9.17, 15) is 14.4 Å². The maximum Gasteiger partial charge on any atom is 0.330 e. The van der Waals surface area contributed by atoms with Crippen molar-refractivity contribution >= 4 is 22.4 Å². The van der Waals surface area contributed by atoms with Gasteiger partial charge in [0.05, 0.1) is 22.3 Å². The zero-order chi connectivity index (χ0) is 20.9. The first kappa shape index (κ1) is 19.0. The fourth-order valence-corrected chi connectivity index (χ4v) is 4.01. The molecule has 1 N–H and O–H groups in total. The molecule has 1 aliphatic rings. The highest BCUT2D eigenvalue weighted by molar-refractivity contribution is 5.92. The van der Waals surface area contributed by atoms with Crippen LogP contribution in [0.4, 0.5) is 5.69 Å². The van der Waals surface area contributed by atoms with Gasteiger partial charge in [-0.3, -0.25) is 18.7 Å². The Morgan fingerprint density at radius 2 is 1.69 bits per heavy atom. The minimum absolute atomic E-state index is 0.0876. The summed E-state index contributed by atoms with van der Waals surface area (Å²) in [6.45, 7) is 4.17. The number of hydrogen-bond donors (Lipinski definition) is 1. The van der Waals surface area contributed by atoms with Gasteiger partial charge in [0.1, 0.15) is 0 Å². The molecule has 0 unspecified atom stereocenters. The van der Waals surface area contributed by atoms with Crippen molar-refractivity contribution in [1.82, 2.24) is 13.7 Å². The molecule has 0 saturated carbocycles. The summed E-state index contributed by atoms with van der Waals surface area (Å²) in [7, 11) is 3.13. The second-order valence-corrected chi connectivity index (χ2v) is 8.47. The van der Waals surface area contributed by atoms with Crippen molar-refractivity contribution < 1.29 is 4.79 Å². The summed E-state index contributed by atoms with van der Waals surface area (Å²) >= 11 is 0. The molecule has 0 atom stereocenters. The van der Waals surface area contributed by atoms with Crippen LogP contribution in [0, 0.1) is 5.41 Å². The minimum atomic E-state index is -0.361. The van der Waals surface area contributed by atoms with Crippen LogP contribution in [0.5, 0.6) is 0 Å². The van der Waals surface area contributed by atoms with Gasteiger partial charge >= 0.3 is 5.69 Å². The van der Waals surface area contributed by atoms with E-state index in [0.717, 1.165) is 28.1 Å². The second kappa shape index (κ2) is 6.62. The molecule has 0 radical (unpaired) electrons. The summed E-state index contributed by atoms with van der Waals surface area (Å²) in [4.78, 5) is 36.9. The van der Waals surface area contributed by atoms with Gasteiger partial charge in [-0.05, 0) is 24.0 Å². The first-order valence-electron chi connectivity index (χ1n) is 9.54. The lowest BCUT2D eigenvalue weighted by atomic mass is 9.79. The molecule has 1 aliphatic carbocycles. The van der Waals surface area contributed by atoms with Crippen LogP contribution >= 0.6 is 0 Å². The lowest BCUT2D eigenvalue weighted by molar-refractivity contribution is -0.117. The van der Waals surface area contributed by atoms with Crippen molar-refractivity contribution in [3.8, 4) is 5.69 Å². The zero-order valence-electron chi connectivity index (χ0n) is 17.0. The number of carbonyl (C=O) groups is 1. The number of benzene rings is 1. The molecular formula is C22H24N4O3. The number of fused-ring (bicyclic) bond motifs is 1. The predicted molar refractivity (Wildman–Crippen MR) is 113 cm³/mol. The van der Waals surface area contributed by atoms with Crippen LogP contribution in [-0.4, -0.2) is 19.5 Å². The minimum Gasteiger partial charge on any atom is -0.357 e. The quantitative estimate of drug-likeness (QED) is 0.743. The average molecular weight is 392 g/mol. The van der Waals surface area contributed by atoms with Crippen LogP contribution in [0.15, 0.2) is 58.0 Å². The number of aryl methyl sites for hydroxylation is 1. The van der Waals surface area contributed by atoms with Gasteiger partial charge in [-0.1, -0.05) is 26.0 Å². The maximum absolute atomic E-state index is 12.5. The third kappa shape index (κ3) is 3.33. The van der Waals surface area contributed by atoms with Crippen molar-refractivity contribution in [2.24, 2.45) is 19.5 Å². The van der Waals surface area contributed by atoms with E-state index < -0.39 is 0 Å². The molecule has 0 amide bonds. The fourth-order valence-electron chi connectivity index (χ4n) is 4.01. The van der Waals surface area contributed by atoms with Crippen LogP contribution in [0.25, 0.3) is 16.6 Å². The fraction of sp³-hybridized carbons (Fsp3) is 0.318.